The van der Waals surface area contributed by atoms with Gasteiger partial charge in [0, 0.05) is 24.7 Å². The zero-order valence-corrected chi connectivity index (χ0v) is 13.0. The first-order valence-electron chi connectivity index (χ1n) is 7.42. The maximum absolute atomic E-state index is 5.73. The van der Waals surface area contributed by atoms with Gasteiger partial charge in [-0.25, -0.2) is 0 Å². The number of hydrogen-bond donors (Lipinski definition) is 1. The average Bonchev–Trinajstić information content (AvgIpc) is 2.81. The van der Waals surface area contributed by atoms with Gasteiger partial charge >= 0.3 is 0 Å². The molecule has 1 N–H and O–H groups in total. The molecule has 4 heteroatoms. The second-order valence-corrected chi connectivity index (χ2v) is 5.62. The number of hydrogen-bond acceptors (Lipinski definition) is 3. The van der Waals surface area contributed by atoms with Gasteiger partial charge in [-0.15, -0.1) is 0 Å². The summed E-state index contributed by atoms with van der Waals surface area (Å²) >= 11 is 0. The summed E-state index contributed by atoms with van der Waals surface area (Å²) in [6.07, 6.45) is 4.39. The van der Waals surface area contributed by atoms with Gasteiger partial charge in [0.1, 0.15) is 0 Å². The number of nitrogens with zero attached hydrogens (tertiary/aromatic N) is 2. The summed E-state index contributed by atoms with van der Waals surface area (Å²) in [5.74, 6) is 0. The average molecular weight is 267 g/mol. The van der Waals surface area contributed by atoms with Gasteiger partial charge in [0.15, 0.2) is 0 Å². The van der Waals surface area contributed by atoms with Crippen molar-refractivity contribution in [1.29, 1.82) is 0 Å². The molecule has 0 bridgehead atoms. The topological polar surface area (TPSA) is 39.1 Å². The first-order chi connectivity index (χ1) is 9.02. The van der Waals surface area contributed by atoms with E-state index in [0.29, 0.717) is 12.1 Å². The van der Waals surface area contributed by atoms with Crippen LogP contribution in [-0.4, -0.2) is 35.1 Å². The molecule has 1 aromatic rings. The fraction of sp³-hybridized carbons (Fsp3) is 0.800. The molecule has 0 aliphatic carbocycles. The predicted octanol–water partition coefficient (Wildman–Crippen LogP) is 2.80. The molecule has 1 aromatic heterocycles. The molecule has 19 heavy (non-hydrogen) atoms. The second kappa shape index (κ2) is 8.33. The molecule has 1 unspecified atom stereocenters. The Kier molecular flexibility index (Phi) is 7.10. The molecular weight excluding hydrogens is 238 g/mol. The van der Waals surface area contributed by atoms with E-state index in [-0.39, 0.29) is 6.10 Å². The van der Waals surface area contributed by atoms with E-state index in [0.717, 1.165) is 31.7 Å². The summed E-state index contributed by atoms with van der Waals surface area (Å²) in [7, 11) is 0. The van der Waals surface area contributed by atoms with Gasteiger partial charge < -0.3 is 10.1 Å². The molecular formula is C15H29N3O. The van der Waals surface area contributed by atoms with Gasteiger partial charge in [0.25, 0.3) is 0 Å². The zero-order chi connectivity index (χ0) is 14.3. The van der Waals surface area contributed by atoms with E-state index in [4.69, 9.17) is 4.74 Å². The van der Waals surface area contributed by atoms with Crippen LogP contribution in [0.25, 0.3) is 0 Å². The minimum absolute atomic E-state index is 0.277. The summed E-state index contributed by atoms with van der Waals surface area (Å²) in [5.41, 5.74) is 1.13. The summed E-state index contributed by atoms with van der Waals surface area (Å²) in [6.45, 7) is 12.4. The monoisotopic (exact) mass is 267 g/mol. The first-order valence-corrected chi connectivity index (χ1v) is 7.42. The maximum Gasteiger partial charge on any atom is 0.0641 e. The third kappa shape index (κ3) is 6.21. The van der Waals surface area contributed by atoms with Crippen molar-refractivity contribution in [3.8, 4) is 0 Å². The Hall–Kier alpha value is -0.870. The number of aromatic nitrogens is 2. The van der Waals surface area contributed by atoms with Gasteiger partial charge in [-0.1, -0.05) is 6.92 Å². The highest BCUT2D eigenvalue weighted by Gasteiger charge is 2.12. The van der Waals surface area contributed by atoms with E-state index in [1.165, 1.54) is 0 Å². The van der Waals surface area contributed by atoms with Gasteiger partial charge in [-0.3, -0.25) is 4.68 Å². The Morgan fingerprint density at radius 1 is 1.32 bits per heavy atom. The maximum atomic E-state index is 5.73. The molecule has 1 heterocycles. The SMILES string of the molecule is CCCNC(COC(C)C)Cc1ccn(C(C)C)n1. The van der Waals surface area contributed by atoms with Gasteiger partial charge in [0.05, 0.1) is 18.4 Å². The van der Waals surface area contributed by atoms with Crippen molar-refractivity contribution < 1.29 is 4.74 Å². The lowest BCUT2D eigenvalue weighted by molar-refractivity contribution is 0.0611. The second-order valence-electron chi connectivity index (χ2n) is 5.62. The minimum Gasteiger partial charge on any atom is -0.377 e. The highest BCUT2D eigenvalue weighted by Crippen LogP contribution is 2.07. The zero-order valence-electron chi connectivity index (χ0n) is 13.0. The Morgan fingerprint density at radius 2 is 2.05 bits per heavy atom. The molecule has 4 nitrogen and oxygen atoms in total. The molecule has 0 saturated heterocycles. The van der Waals surface area contributed by atoms with E-state index in [2.05, 4.69) is 57.3 Å². The molecule has 0 aliphatic heterocycles. The molecule has 0 saturated carbocycles. The largest absolute Gasteiger partial charge is 0.377 e. The van der Waals surface area contributed by atoms with E-state index < -0.39 is 0 Å². The van der Waals surface area contributed by atoms with Crippen LogP contribution in [0.15, 0.2) is 12.3 Å². The van der Waals surface area contributed by atoms with Crippen LogP contribution in [0.4, 0.5) is 0 Å². The van der Waals surface area contributed by atoms with Gasteiger partial charge in [-0.05, 0) is 46.7 Å². The molecule has 0 amide bonds. The van der Waals surface area contributed by atoms with Crippen molar-refractivity contribution >= 4 is 0 Å². The summed E-state index contributed by atoms with van der Waals surface area (Å²) in [4.78, 5) is 0. The van der Waals surface area contributed by atoms with E-state index in [1.54, 1.807) is 0 Å². The number of ether oxygens (including phenoxy) is 1. The van der Waals surface area contributed by atoms with Crippen LogP contribution in [-0.2, 0) is 11.2 Å². The van der Waals surface area contributed by atoms with E-state index >= 15 is 0 Å². The van der Waals surface area contributed by atoms with Crippen LogP contribution < -0.4 is 5.32 Å². The molecule has 110 valence electrons. The van der Waals surface area contributed by atoms with Crippen molar-refractivity contribution in [3.05, 3.63) is 18.0 Å². The molecule has 1 rings (SSSR count). The normalized spacial score (nSPS) is 13.4. The Balaban J connectivity index is 2.53. The van der Waals surface area contributed by atoms with Crippen molar-refractivity contribution in [3.63, 3.8) is 0 Å². The van der Waals surface area contributed by atoms with Crippen LogP contribution in [0.2, 0.25) is 0 Å². The third-order valence-corrected chi connectivity index (χ3v) is 2.96. The van der Waals surface area contributed by atoms with Crippen molar-refractivity contribution in [2.45, 2.75) is 65.6 Å². The van der Waals surface area contributed by atoms with E-state index in [1.807, 2.05) is 4.68 Å². The molecule has 0 aromatic carbocycles. The van der Waals surface area contributed by atoms with Crippen LogP contribution >= 0.6 is 0 Å². The standard InChI is InChI=1S/C15H29N3O/c1-6-8-16-15(11-19-13(4)5)10-14-7-9-18(17-14)12(2)3/h7,9,12-13,15-16H,6,8,10-11H2,1-5H3. The highest BCUT2D eigenvalue weighted by atomic mass is 16.5. The van der Waals surface area contributed by atoms with Crippen LogP contribution in [0, 0.1) is 0 Å². The first kappa shape index (κ1) is 16.2. The lowest BCUT2D eigenvalue weighted by Gasteiger charge is -2.19. The van der Waals surface area contributed by atoms with Gasteiger partial charge in [-0.2, -0.15) is 5.10 Å². The summed E-state index contributed by atoms with van der Waals surface area (Å²) in [5, 5.41) is 8.14. The van der Waals surface area contributed by atoms with Crippen LogP contribution in [0.5, 0.6) is 0 Å². The fourth-order valence-electron chi connectivity index (χ4n) is 1.87. The molecule has 1 atom stereocenters. The van der Waals surface area contributed by atoms with Crippen LogP contribution in [0.3, 0.4) is 0 Å². The summed E-state index contributed by atoms with van der Waals surface area (Å²) < 4.78 is 7.74. The molecule has 0 radical (unpaired) electrons. The van der Waals surface area contributed by atoms with Crippen LogP contribution in [0.1, 0.15) is 52.8 Å². The lowest BCUT2D eigenvalue weighted by Crippen LogP contribution is -2.37. The molecule has 0 aliphatic rings. The molecule has 0 spiro atoms. The quantitative estimate of drug-likeness (QED) is 0.748. The highest BCUT2D eigenvalue weighted by molar-refractivity contribution is 5.02. The van der Waals surface area contributed by atoms with Crippen molar-refractivity contribution in [2.24, 2.45) is 0 Å². The lowest BCUT2D eigenvalue weighted by atomic mass is 10.1. The smallest absolute Gasteiger partial charge is 0.0641 e. The Bertz CT molecular complexity index is 347. The predicted molar refractivity (Wildman–Crippen MR) is 79.5 cm³/mol. The Morgan fingerprint density at radius 3 is 2.58 bits per heavy atom. The van der Waals surface area contributed by atoms with Crippen molar-refractivity contribution in [1.82, 2.24) is 15.1 Å². The van der Waals surface area contributed by atoms with Gasteiger partial charge in [0.2, 0.25) is 0 Å². The number of nitrogens with one attached hydrogen (secondary N) is 1. The van der Waals surface area contributed by atoms with Crippen molar-refractivity contribution in [2.75, 3.05) is 13.2 Å². The summed E-state index contributed by atoms with van der Waals surface area (Å²) in [6, 6.07) is 2.87. The fourth-order valence-corrected chi connectivity index (χ4v) is 1.87. The minimum atomic E-state index is 0.277. The Labute approximate surface area is 117 Å². The third-order valence-electron chi connectivity index (χ3n) is 2.96. The number of rotatable bonds is 9. The van der Waals surface area contributed by atoms with E-state index in [9.17, 15) is 0 Å². The molecule has 0 fully saturated rings.